The molecule has 288 valence electrons. The Morgan fingerprint density at radius 3 is 2.00 bits per heavy atom. The molecular formula is C41H62N4O7. The lowest BCUT2D eigenvalue weighted by molar-refractivity contribution is -0.131. The van der Waals surface area contributed by atoms with Crippen LogP contribution in [0.3, 0.4) is 0 Å². The smallest absolute Gasteiger partial charge is 0.407 e. The number of carbonyl (C=O) groups is 4. The second kappa shape index (κ2) is 21.5. The molecule has 11 heteroatoms. The highest BCUT2D eigenvalue weighted by Gasteiger charge is 2.31. The van der Waals surface area contributed by atoms with Gasteiger partial charge in [0, 0.05) is 13.0 Å². The summed E-state index contributed by atoms with van der Waals surface area (Å²) in [4.78, 5) is 52.4. The second-order valence-electron chi connectivity index (χ2n) is 15.7. The zero-order chi connectivity index (χ0) is 38.1. The Kier molecular flexibility index (Phi) is 17.6. The summed E-state index contributed by atoms with van der Waals surface area (Å²) in [5.74, 6) is -0.694. The Labute approximate surface area is 310 Å². The monoisotopic (exact) mass is 722 g/mol. The minimum Gasteiger partial charge on any atom is -0.444 e. The number of nitrogens with one attached hydrogen (secondary N) is 4. The average molecular weight is 723 g/mol. The minimum absolute atomic E-state index is 0.0550. The molecule has 0 aromatic heterocycles. The molecule has 1 aliphatic rings. The van der Waals surface area contributed by atoms with E-state index in [9.17, 15) is 29.4 Å². The van der Waals surface area contributed by atoms with Crippen molar-refractivity contribution in [2.45, 2.75) is 148 Å². The molecule has 0 heterocycles. The van der Waals surface area contributed by atoms with Crippen molar-refractivity contribution < 1.29 is 34.1 Å². The highest BCUT2D eigenvalue weighted by molar-refractivity contribution is 5.87. The molecule has 1 fully saturated rings. The fourth-order valence-corrected chi connectivity index (χ4v) is 6.66. The Balaban J connectivity index is 1.63. The zero-order valence-corrected chi connectivity index (χ0v) is 31.7. The van der Waals surface area contributed by atoms with Crippen LogP contribution in [0.15, 0.2) is 60.7 Å². The van der Waals surface area contributed by atoms with Gasteiger partial charge in [0.2, 0.25) is 17.7 Å². The maximum Gasteiger partial charge on any atom is 0.407 e. The van der Waals surface area contributed by atoms with Crippen LogP contribution in [0, 0.1) is 11.8 Å². The van der Waals surface area contributed by atoms with Crippen LogP contribution in [0.4, 0.5) is 4.79 Å². The van der Waals surface area contributed by atoms with Gasteiger partial charge in [0.1, 0.15) is 11.6 Å². The normalized spacial score (nSPS) is 16.5. The largest absolute Gasteiger partial charge is 0.444 e. The summed E-state index contributed by atoms with van der Waals surface area (Å²) in [6.45, 7) is 9.56. The molecule has 1 saturated carbocycles. The first kappa shape index (κ1) is 42.5. The fraction of sp³-hybridized carbons (Fsp3) is 0.610. The molecule has 11 nitrogen and oxygen atoms in total. The SMILES string of the molecule is CC(C)C[C@H](NC(=O)C[C@@H](O)C(CC1CCCCC1)NC(=O)CCC(O)[C@H](Cc1ccccc1)NC(=O)OC(C)(C)C)C(=O)NCc1ccccc1. The number of carbonyl (C=O) groups excluding carboxylic acids is 4. The molecule has 2 aromatic rings. The van der Waals surface area contributed by atoms with Crippen molar-refractivity contribution in [3.05, 3.63) is 71.8 Å². The van der Waals surface area contributed by atoms with Crippen molar-refractivity contribution in [3.8, 4) is 0 Å². The molecule has 4 amide bonds. The van der Waals surface area contributed by atoms with E-state index in [0.29, 0.717) is 31.7 Å². The quantitative estimate of drug-likeness (QED) is 0.114. The first-order valence-corrected chi connectivity index (χ1v) is 19.0. The van der Waals surface area contributed by atoms with E-state index in [1.54, 1.807) is 20.8 Å². The van der Waals surface area contributed by atoms with Gasteiger partial charge in [-0.1, -0.05) is 107 Å². The third-order valence-corrected chi connectivity index (χ3v) is 9.32. The standard InChI is InChI=1S/C41H62N4O7/c1-28(2)23-34(39(50)42-27-31-19-13-8-14-20-31)44-38(49)26-36(47)33(25-30-17-11-7-12-18-30)43-37(48)22-21-35(46)32(24-29-15-9-6-10-16-29)45-40(51)52-41(3,4)5/h6,8-10,13-16,19-20,28,30,32-36,46-47H,7,11-12,17-18,21-27H2,1-5H3,(H,42,50)(H,43,48)(H,44,49)(H,45,51)/t32-,33?,34-,35?,36+/m0/s1. The topological polar surface area (TPSA) is 166 Å². The van der Waals surface area contributed by atoms with E-state index in [4.69, 9.17) is 4.74 Å². The summed E-state index contributed by atoms with van der Waals surface area (Å²) >= 11 is 0. The summed E-state index contributed by atoms with van der Waals surface area (Å²) in [6.07, 6.45) is 3.40. The van der Waals surface area contributed by atoms with Crippen LogP contribution in [0.2, 0.25) is 0 Å². The van der Waals surface area contributed by atoms with Crippen molar-refractivity contribution in [3.63, 3.8) is 0 Å². The molecule has 3 rings (SSSR count). The van der Waals surface area contributed by atoms with Crippen LogP contribution in [0.25, 0.3) is 0 Å². The molecule has 0 bridgehead atoms. The number of ether oxygens (including phenoxy) is 1. The predicted molar refractivity (Wildman–Crippen MR) is 202 cm³/mol. The van der Waals surface area contributed by atoms with Gasteiger partial charge in [-0.3, -0.25) is 14.4 Å². The lowest BCUT2D eigenvalue weighted by atomic mass is 9.83. The molecule has 5 atom stereocenters. The maximum absolute atomic E-state index is 13.4. The average Bonchev–Trinajstić information content (AvgIpc) is 3.09. The summed E-state index contributed by atoms with van der Waals surface area (Å²) in [5.41, 5.74) is 1.13. The summed E-state index contributed by atoms with van der Waals surface area (Å²) in [5, 5.41) is 34.0. The molecular weight excluding hydrogens is 660 g/mol. The molecule has 0 spiro atoms. The summed E-state index contributed by atoms with van der Waals surface area (Å²) in [6, 6.07) is 16.8. The van der Waals surface area contributed by atoms with E-state index in [2.05, 4.69) is 21.3 Å². The van der Waals surface area contributed by atoms with Gasteiger partial charge in [0.25, 0.3) is 0 Å². The van der Waals surface area contributed by atoms with Crippen LogP contribution in [-0.4, -0.2) is 70.0 Å². The third-order valence-electron chi connectivity index (χ3n) is 9.32. The van der Waals surface area contributed by atoms with Crippen LogP contribution >= 0.6 is 0 Å². The van der Waals surface area contributed by atoms with Crippen molar-refractivity contribution >= 4 is 23.8 Å². The number of hydrogen-bond donors (Lipinski definition) is 6. The number of rotatable bonds is 19. The Morgan fingerprint density at radius 2 is 1.40 bits per heavy atom. The molecule has 0 radical (unpaired) electrons. The van der Waals surface area contributed by atoms with Crippen molar-refractivity contribution in [1.29, 1.82) is 0 Å². The van der Waals surface area contributed by atoms with Crippen LogP contribution in [0.5, 0.6) is 0 Å². The van der Waals surface area contributed by atoms with Gasteiger partial charge in [-0.25, -0.2) is 4.79 Å². The van der Waals surface area contributed by atoms with Crippen molar-refractivity contribution in [2.24, 2.45) is 11.8 Å². The zero-order valence-electron chi connectivity index (χ0n) is 31.7. The lowest BCUT2D eigenvalue weighted by Gasteiger charge is -2.31. The highest BCUT2D eigenvalue weighted by atomic mass is 16.6. The van der Waals surface area contributed by atoms with Gasteiger partial charge in [-0.2, -0.15) is 0 Å². The molecule has 6 N–H and O–H groups in total. The van der Waals surface area contributed by atoms with Gasteiger partial charge in [0.05, 0.1) is 30.7 Å². The first-order chi connectivity index (χ1) is 24.7. The first-order valence-electron chi connectivity index (χ1n) is 19.0. The molecule has 2 aromatic carbocycles. The summed E-state index contributed by atoms with van der Waals surface area (Å²) in [7, 11) is 0. The number of hydrogen-bond acceptors (Lipinski definition) is 7. The molecule has 52 heavy (non-hydrogen) atoms. The van der Waals surface area contributed by atoms with Crippen molar-refractivity contribution in [2.75, 3.05) is 0 Å². The minimum atomic E-state index is -1.18. The van der Waals surface area contributed by atoms with Crippen LogP contribution in [0.1, 0.15) is 110 Å². The third kappa shape index (κ3) is 16.6. The Bertz CT molecular complexity index is 1380. The van der Waals surface area contributed by atoms with Gasteiger partial charge < -0.3 is 36.2 Å². The predicted octanol–water partition coefficient (Wildman–Crippen LogP) is 5.32. The van der Waals surface area contributed by atoms with E-state index in [1.807, 2.05) is 74.5 Å². The highest BCUT2D eigenvalue weighted by Crippen LogP contribution is 2.28. The second-order valence-corrected chi connectivity index (χ2v) is 15.7. The molecule has 0 saturated heterocycles. The van der Waals surface area contributed by atoms with E-state index in [-0.39, 0.29) is 37.0 Å². The lowest BCUT2D eigenvalue weighted by Crippen LogP contribution is -2.50. The summed E-state index contributed by atoms with van der Waals surface area (Å²) < 4.78 is 5.43. The number of alkyl carbamates (subject to hydrolysis) is 1. The van der Waals surface area contributed by atoms with E-state index < -0.39 is 47.9 Å². The van der Waals surface area contributed by atoms with E-state index >= 15 is 0 Å². The Hall–Kier alpha value is -3.96. The maximum atomic E-state index is 13.4. The van der Waals surface area contributed by atoms with Gasteiger partial charge in [0.15, 0.2) is 0 Å². The number of benzene rings is 2. The fourth-order valence-electron chi connectivity index (χ4n) is 6.66. The molecule has 0 aliphatic heterocycles. The van der Waals surface area contributed by atoms with Crippen LogP contribution in [-0.2, 0) is 32.1 Å². The number of aliphatic hydroxyl groups excluding tert-OH is 2. The van der Waals surface area contributed by atoms with E-state index in [0.717, 1.165) is 43.2 Å². The molecule has 2 unspecified atom stereocenters. The van der Waals surface area contributed by atoms with Gasteiger partial charge in [-0.05, 0) is 69.4 Å². The van der Waals surface area contributed by atoms with Gasteiger partial charge in [-0.15, -0.1) is 0 Å². The number of aliphatic hydroxyl groups is 2. The Morgan fingerprint density at radius 1 is 0.788 bits per heavy atom. The number of amides is 4. The van der Waals surface area contributed by atoms with Crippen molar-refractivity contribution in [1.82, 2.24) is 21.3 Å². The molecule has 1 aliphatic carbocycles. The van der Waals surface area contributed by atoms with Gasteiger partial charge >= 0.3 is 6.09 Å². The van der Waals surface area contributed by atoms with Crippen LogP contribution < -0.4 is 21.3 Å². The van der Waals surface area contributed by atoms with E-state index in [1.165, 1.54) is 0 Å².